The molecule has 0 radical (unpaired) electrons. The van der Waals surface area contributed by atoms with Gasteiger partial charge in [-0.1, -0.05) is 15.9 Å². The average molecular weight is 318 g/mol. The third-order valence-electron chi connectivity index (χ3n) is 2.72. The van der Waals surface area contributed by atoms with E-state index in [1.54, 1.807) is 4.90 Å². The number of thiophene rings is 1. The molecule has 1 atom stereocenters. The van der Waals surface area contributed by atoms with Crippen molar-refractivity contribution in [2.24, 2.45) is 0 Å². The Labute approximate surface area is 112 Å². The lowest BCUT2D eigenvalue weighted by atomic mass is 10.2. The summed E-state index contributed by atoms with van der Waals surface area (Å²) in [5, 5.41) is 1.87. The van der Waals surface area contributed by atoms with Crippen molar-refractivity contribution in [2.45, 2.75) is 18.2 Å². The maximum atomic E-state index is 12.0. The summed E-state index contributed by atoms with van der Waals surface area (Å²) in [5.74, 6) is -0.374. The van der Waals surface area contributed by atoms with Gasteiger partial charge < -0.3 is 9.64 Å². The number of amides is 1. The second kappa shape index (κ2) is 4.78. The summed E-state index contributed by atoms with van der Waals surface area (Å²) in [5.41, 5.74) is 1.64. The Kier molecular flexibility index (Phi) is 3.53. The van der Waals surface area contributed by atoms with E-state index in [1.165, 1.54) is 18.4 Å². The van der Waals surface area contributed by atoms with Crippen LogP contribution in [-0.2, 0) is 9.53 Å². The topological polar surface area (TPSA) is 46.6 Å². The number of alkyl halides is 1. The molecule has 0 aliphatic carbocycles. The van der Waals surface area contributed by atoms with E-state index in [4.69, 9.17) is 4.74 Å². The highest BCUT2D eigenvalue weighted by molar-refractivity contribution is 9.10. The Morgan fingerprint density at radius 3 is 2.88 bits per heavy atom. The molecule has 2 rings (SSSR count). The largest absolute Gasteiger partial charge is 0.465 e. The number of ether oxygens (including phenoxy) is 1. The summed E-state index contributed by atoms with van der Waals surface area (Å²) in [7, 11) is 1.35. The fourth-order valence-corrected chi connectivity index (χ4v) is 3.30. The van der Waals surface area contributed by atoms with Gasteiger partial charge in [-0.15, -0.1) is 11.3 Å². The molecule has 0 saturated carbocycles. The minimum atomic E-state index is -0.385. The summed E-state index contributed by atoms with van der Waals surface area (Å²) in [6.45, 7) is 2.53. The molecular weight excluding hydrogens is 306 g/mol. The molecular formula is C11H12BrNO3S. The van der Waals surface area contributed by atoms with Crippen LogP contribution in [0.3, 0.4) is 0 Å². The zero-order valence-corrected chi connectivity index (χ0v) is 11.9. The van der Waals surface area contributed by atoms with Crippen LogP contribution >= 0.6 is 27.3 Å². The molecule has 2 heterocycles. The molecule has 0 bridgehead atoms. The predicted molar refractivity (Wildman–Crippen MR) is 70.1 cm³/mol. The monoisotopic (exact) mass is 317 g/mol. The summed E-state index contributed by atoms with van der Waals surface area (Å²) < 4.78 is 4.73. The Morgan fingerprint density at radius 1 is 1.65 bits per heavy atom. The first-order valence-electron chi connectivity index (χ1n) is 5.18. The van der Waals surface area contributed by atoms with Crippen LogP contribution in [0, 0.1) is 6.92 Å². The molecule has 0 N–H and O–H groups in total. The van der Waals surface area contributed by atoms with Gasteiger partial charge >= 0.3 is 5.97 Å². The van der Waals surface area contributed by atoms with Gasteiger partial charge in [0.05, 0.1) is 17.6 Å². The average Bonchev–Trinajstić information content (AvgIpc) is 2.84. The van der Waals surface area contributed by atoms with E-state index >= 15 is 0 Å². The molecule has 1 saturated heterocycles. The van der Waals surface area contributed by atoms with Gasteiger partial charge in [-0.3, -0.25) is 4.79 Å². The van der Waals surface area contributed by atoms with Gasteiger partial charge in [0.25, 0.3) is 0 Å². The van der Waals surface area contributed by atoms with E-state index in [9.17, 15) is 9.59 Å². The lowest BCUT2D eigenvalue weighted by Gasteiger charge is -2.17. The van der Waals surface area contributed by atoms with E-state index in [-0.39, 0.29) is 16.7 Å². The summed E-state index contributed by atoms with van der Waals surface area (Å²) in [4.78, 5) is 25.6. The molecule has 1 aromatic heterocycles. The molecule has 6 heteroatoms. The number of rotatable bonds is 2. The zero-order chi connectivity index (χ0) is 12.6. The normalized spacial score (nSPS) is 19.8. The maximum Gasteiger partial charge on any atom is 0.350 e. The lowest BCUT2D eigenvalue weighted by Crippen LogP contribution is -2.28. The number of esters is 1. The number of hydrogen-bond acceptors (Lipinski definition) is 4. The quantitative estimate of drug-likeness (QED) is 0.621. The molecule has 1 aliphatic heterocycles. The number of carbonyl (C=O) groups is 2. The standard InChI is InChI=1S/C11H12BrNO3S/c1-6-5-17-9(11(15)16-2)8(6)13-4-3-7(12)10(13)14/h5,7H,3-4H2,1-2H3. The summed E-state index contributed by atoms with van der Waals surface area (Å²) >= 11 is 4.64. The Hall–Kier alpha value is -0.880. The SMILES string of the molecule is COC(=O)c1scc(C)c1N1CCC(Br)C1=O. The lowest BCUT2D eigenvalue weighted by molar-refractivity contribution is -0.116. The van der Waals surface area contributed by atoms with Gasteiger partial charge in [-0.25, -0.2) is 4.79 Å². The third kappa shape index (κ3) is 2.11. The molecule has 1 unspecified atom stereocenters. The summed E-state index contributed by atoms with van der Waals surface area (Å²) in [6.07, 6.45) is 0.759. The van der Waals surface area contributed by atoms with Crippen molar-refractivity contribution in [2.75, 3.05) is 18.6 Å². The number of methoxy groups -OCH3 is 1. The predicted octanol–water partition coefficient (Wildman–Crippen LogP) is 2.34. The smallest absolute Gasteiger partial charge is 0.350 e. The van der Waals surface area contributed by atoms with Crippen molar-refractivity contribution in [3.63, 3.8) is 0 Å². The van der Waals surface area contributed by atoms with Crippen molar-refractivity contribution < 1.29 is 14.3 Å². The van der Waals surface area contributed by atoms with Crippen LogP contribution in [0.15, 0.2) is 5.38 Å². The molecule has 1 aliphatic rings. The number of aryl methyl sites for hydroxylation is 1. The number of hydrogen-bond donors (Lipinski definition) is 0. The van der Waals surface area contributed by atoms with Crippen LogP contribution in [0.25, 0.3) is 0 Å². The van der Waals surface area contributed by atoms with Gasteiger partial charge in [0.15, 0.2) is 0 Å². The van der Waals surface area contributed by atoms with Crippen LogP contribution in [0.2, 0.25) is 0 Å². The van der Waals surface area contributed by atoms with Gasteiger partial charge in [-0.05, 0) is 24.3 Å². The Bertz CT molecular complexity index is 471. The fourth-order valence-electron chi connectivity index (χ4n) is 1.88. The van der Waals surface area contributed by atoms with Crippen LogP contribution in [-0.4, -0.2) is 30.4 Å². The highest BCUT2D eigenvalue weighted by Gasteiger charge is 2.34. The van der Waals surface area contributed by atoms with E-state index < -0.39 is 0 Å². The summed E-state index contributed by atoms with van der Waals surface area (Å²) in [6, 6.07) is 0. The number of nitrogens with zero attached hydrogens (tertiary/aromatic N) is 1. The highest BCUT2D eigenvalue weighted by atomic mass is 79.9. The fraction of sp³-hybridized carbons (Fsp3) is 0.455. The van der Waals surface area contributed by atoms with Crippen molar-refractivity contribution in [3.05, 3.63) is 15.8 Å². The molecule has 1 amide bonds. The Balaban J connectivity index is 2.41. The van der Waals surface area contributed by atoms with Crippen LogP contribution in [0.5, 0.6) is 0 Å². The van der Waals surface area contributed by atoms with E-state index in [0.717, 1.165) is 12.0 Å². The second-order valence-corrected chi connectivity index (χ2v) is 5.82. The maximum absolute atomic E-state index is 12.0. The number of carbonyl (C=O) groups excluding carboxylic acids is 2. The zero-order valence-electron chi connectivity index (χ0n) is 9.53. The van der Waals surface area contributed by atoms with Crippen molar-refractivity contribution in [1.29, 1.82) is 0 Å². The first kappa shape index (κ1) is 12.6. The molecule has 1 aromatic rings. The molecule has 1 fully saturated rings. The third-order valence-corrected chi connectivity index (χ3v) is 4.64. The van der Waals surface area contributed by atoms with Gasteiger partial charge in [0.1, 0.15) is 4.88 Å². The molecule has 0 spiro atoms. The van der Waals surface area contributed by atoms with Crippen molar-refractivity contribution in [3.8, 4) is 0 Å². The van der Waals surface area contributed by atoms with E-state index in [0.29, 0.717) is 17.1 Å². The minimum Gasteiger partial charge on any atom is -0.465 e. The van der Waals surface area contributed by atoms with Gasteiger partial charge in [0, 0.05) is 6.54 Å². The molecule has 92 valence electrons. The first-order valence-corrected chi connectivity index (χ1v) is 6.97. The van der Waals surface area contributed by atoms with E-state index in [1.807, 2.05) is 12.3 Å². The van der Waals surface area contributed by atoms with E-state index in [2.05, 4.69) is 15.9 Å². The second-order valence-electron chi connectivity index (χ2n) is 3.83. The Morgan fingerprint density at radius 2 is 2.35 bits per heavy atom. The van der Waals surface area contributed by atoms with Crippen molar-refractivity contribution in [1.82, 2.24) is 0 Å². The van der Waals surface area contributed by atoms with Gasteiger partial charge in [-0.2, -0.15) is 0 Å². The van der Waals surface area contributed by atoms with Crippen LogP contribution in [0.1, 0.15) is 21.7 Å². The first-order chi connectivity index (χ1) is 8.06. The number of halogens is 1. The van der Waals surface area contributed by atoms with Crippen LogP contribution < -0.4 is 4.90 Å². The van der Waals surface area contributed by atoms with Gasteiger partial charge in [0.2, 0.25) is 5.91 Å². The molecule has 4 nitrogen and oxygen atoms in total. The minimum absolute atomic E-state index is 0.0108. The van der Waals surface area contributed by atoms with Crippen LogP contribution in [0.4, 0.5) is 5.69 Å². The molecule has 17 heavy (non-hydrogen) atoms. The highest BCUT2D eigenvalue weighted by Crippen LogP contribution is 2.35. The van der Waals surface area contributed by atoms with Crippen molar-refractivity contribution >= 4 is 44.8 Å². The number of anilines is 1. The molecule has 0 aromatic carbocycles.